The average Bonchev–Trinajstić information content (AvgIpc) is 1.90. The second kappa shape index (κ2) is 3.65. The van der Waals surface area contributed by atoms with Gasteiger partial charge in [-0.2, -0.15) is 0 Å². The van der Waals surface area contributed by atoms with Gasteiger partial charge in [0, 0.05) is 6.42 Å². The summed E-state index contributed by atoms with van der Waals surface area (Å²) in [6.07, 6.45) is 4.96. The molecule has 0 amide bonds. The Balaban J connectivity index is 2.29. The Morgan fingerprint density at radius 3 is 3.10 bits per heavy atom. The summed E-state index contributed by atoms with van der Waals surface area (Å²) in [4.78, 5) is 0. The molecule has 58 valence electrons. The van der Waals surface area contributed by atoms with Gasteiger partial charge in [-0.3, -0.25) is 0 Å². The number of hydrogen-bond acceptors (Lipinski definition) is 1. The van der Waals surface area contributed by atoms with Gasteiger partial charge in [0.15, 0.2) is 0 Å². The molecule has 0 saturated carbocycles. The summed E-state index contributed by atoms with van der Waals surface area (Å²) in [7, 11) is 0. The second-order valence-corrected chi connectivity index (χ2v) is 3.20. The normalized spacial score (nSPS) is 28.5. The number of rotatable bonds is 0. The van der Waals surface area contributed by atoms with Gasteiger partial charge in [0.2, 0.25) is 0 Å². The van der Waals surface area contributed by atoms with Crippen LogP contribution in [-0.2, 0) is 4.74 Å². The third kappa shape index (κ3) is 2.42. The van der Waals surface area contributed by atoms with Crippen molar-refractivity contribution in [3.63, 3.8) is 0 Å². The molecule has 0 aromatic heterocycles. The number of ether oxygens (including phenoxy) is 1. The Labute approximate surface area is 63.1 Å². The van der Waals surface area contributed by atoms with Crippen LogP contribution in [0.4, 0.5) is 0 Å². The standard InChI is InChI=1S/C9H16O/c1-8-5-3-4-6-9(2)10-7-8/h8H,2-7H2,1H3. The van der Waals surface area contributed by atoms with Crippen LogP contribution in [0.5, 0.6) is 0 Å². The molecular weight excluding hydrogens is 124 g/mol. The predicted octanol–water partition coefficient (Wildman–Crippen LogP) is 2.73. The van der Waals surface area contributed by atoms with Gasteiger partial charge >= 0.3 is 0 Å². The summed E-state index contributed by atoms with van der Waals surface area (Å²) < 4.78 is 5.40. The Kier molecular flexibility index (Phi) is 2.79. The van der Waals surface area contributed by atoms with Crippen LogP contribution in [0.1, 0.15) is 32.6 Å². The van der Waals surface area contributed by atoms with Crippen LogP contribution in [0.15, 0.2) is 12.3 Å². The van der Waals surface area contributed by atoms with E-state index in [9.17, 15) is 0 Å². The third-order valence-electron chi connectivity index (χ3n) is 1.97. The summed E-state index contributed by atoms with van der Waals surface area (Å²) in [5, 5.41) is 0. The molecule has 0 radical (unpaired) electrons. The summed E-state index contributed by atoms with van der Waals surface area (Å²) in [6, 6.07) is 0. The van der Waals surface area contributed by atoms with Crippen molar-refractivity contribution in [2.75, 3.05) is 6.61 Å². The van der Waals surface area contributed by atoms with Crippen LogP contribution in [0.3, 0.4) is 0 Å². The lowest BCUT2D eigenvalue weighted by Crippen LogP contribution is -2.08. The average molecular weight is 140 g/mol. The zero-order chi connectivity index (χ0) is 7.40. The summed E-state index contributed by atoms with van der Waals surface area (Å²) in [6.45, 7) is 6.94. The van der Waals surface area contributed by atoms with E-state index in [4.69, 9.17) is 4.74 Å². The maximum absolute atomic E-state index is 5.40. The highest BCUT2D eigenvalue weighted by atomic mass is 16.5. The number of hydrogen-bond donors (Lipinski definition) is 0. The molecular formula is C9H16O. The van der Waals surface area contributed by atoms with E-state index in [0.717, 1.165) is 24.7 Å². The monoisotopic (exact) mass is 140 g/mol. The minimum absolute atomic E-state index is 0.719. The van der Waals surface area contributed by atoms with Crippen molar-refractivity contribution in [1.29, 1.82) is 0 Å². The van der Waals surface area contributed by atoms with Gasteiger partial charge in [0.25, 0.3) is 0 Å². The minimum atomic E-state index is 0.719. The van der Waals surface area contributed by atoms with E-state index < -0.39 is 0 Å². The van der Waals surface area contributed by atoms with Gasteiger partial charge in [0.05, 0.1) is 12.4 Å². The molecule has 1 rings (SSSR count). The summed E-state index contributed by atoms with van der Waals surface area (Å²) in [5.41, 5.74) is 0. The Morgan fingerprint density at radius 1 is 1.50 bits per heavy atom. The van der Waals surface area contributed by atoms with E-state index in [2.05, 4.69) is 13.5 Å². The fourth-order valence-corrected chi connectivity index (χ4v) is 1.23. The Bertz CT molecular complexity index is 118. The minimum Gasteiger partial charge on any atom is -0.498 e. The maximum atomic E-state index is 5.40. The molecule has 0 aromatic rings. The van der Waals surface area contributed by atoms with Gasteiger partial charge in [-0.05, 0) is 18.8 Å². The highest BCUT2D eigenvalue weighted by Gasteiger charge is 2.07. The zero-order valence-corrected chi connectivity index (χ0v) is 6.73. The lowest BCUT2D eigenvalue weighted by Gasteiger charge is -2.17. The van der Waals surface area contributed by atoms with E-state index >= 15 is 0 Å². The van der Waals surface area contributed by atoms with Crippen molar-refractivity contribution < 1.29 is 4.74 Å². The molecule has 1 heteroatoms. The van der Waals surface area contributed by atoms with Crippen LogP contribution >= 0.6 is 0 Å². The molecule has 1 saturated heterocycles. The molecule has 0 aromatic carbocycles. The van der Waals surface area contributed by atoms with E-state index in [1.165, 1.54) is 19.3 Å². The predicted molar refractivity (Wildman–Crippen MR) is 42.7 cm³/mol. The van der Waals surface area contributed by atoms with Crippen LogP contribution in [-0.4, -0.2) is 6.61 Å². The molecule has 0 spiro atoms. The van der Waals surface area contributed by atoms with E-state index in [1.807, 2.05) is 0 Å². The first-order valence-corrected chi connectivity index (χ1v) is 4.09. The van der Waals surface area contributed by atoms with Gasteiger partial charge in [-0.15, -0.1) is 0 Å². The smallest absolute Gasteiger partial charge is 0.0902 e. The van der Waals surface area contributed by atoms with Gasteiger partial charge < -0.3 is 4.74 Å². The first kappa shape index (κ1) is 7.64. The van der Waals surface area contributed by atoms with Crippen molar-refractivity contribution in [2.45, 2.75) is 32.6 Å². The molecule has 1 nitrogen and oxygen atoms in total. The highest BCUT2D eigenvalue weighted by Crippen LogP contribution is 2.18. The fourth-order valence-electron chi connectivity index (χ4n) is 1.23. The summed E-state index contributed by atoms with van der Waals surface area (Å²) in [5.74, 6) is 1.70. The highest BCUT2D eigenvalue weighted by molar-refractivity contribution is 4.83. The van der Waals surface area contributed by atoms with Crippen molar-refractivity contribution >= 4 is 0 Å². The van der Waals surface area contributed by atoms with Gasteiger partial charge in [-0.1, -0.05) is 19.9 Å². The first-order valence-electron chi connectivity index (χ1n) is 4.09. The van der Waals surface area contributed by atoms with Crippen LogP contribution in [0.2, 0.25) is 0 Å². The summed E-state index contributed by atoms with van der Waals surface area (Å²) >= 11 is 0. The lowest BCUT2D eigenvalue weighted by molar-refractivity contribution is 0.147. The molecule has 1 heterocycles. The quantitative estimate of drug-likeness (QED) is 0.502. The molecule has 0 N–H and O–H groups in total. The molecule has 1 atom stereocenters. The number of allylic oxidation sites excluding steroid dienone is 1. The zero-order valence-electron chi connectivity index (χ0n) is 6.73. The van der Waals surface area contributed by atoms with Crippen molar-refractivity contribution in [3.05, 3.63) is 12.3 Å². The lowest BCUT2D eigenvalue weighted by atomic mass is 10.0. The molecule has 10 heavy (non-hydrogen) atoms. The van der Waals surface area contributed by atoms with Crippen LogP contribution in [0.25, 0.3) is 0 Å². The topological polar surface area (TPSA) is 9.23 Å². The fraction of sp³-hybridized carbons (Fsp3) is 0.778. The van der Waals surface area contributed by atoms with Crippen molar-refractivity contribution in [1.82, 2.24) is 0 Å². The van der Waals surface area contributed by atoms with E-state index in [-0.39, 0.29) is 0 Å². The Morgan fingerprint density at radius 2 is 2.30 bits per heavy atom. The Hall–Kier alpha value is -0.460. The maximum Gasteiger partial charge on any atom is 0.0902 e. The second-order valence-electron chi connectivity index (χ2n) is 3.20. The van der Waals surface area contributed by atoms with Crippen molar-refractivity contribution in [2.24, 2.45) is 5.92 Å². The molecule has 1 aliphatic rings. The largest absolute Gasteiger partial charge is 0.498 e. The van der Waals surface area contributed by atoms with Crippen molar-refractivity contribution in [3.8, 4) is 0 Å². The molecule has 0 aliphatic carbocycles. The van der Waals surface area contributed by atoms with E-state index in [0.29, 0.717) is 0 Å². The third-order valence-corrected chi connectivity index (χ3v) is 1.97. The van der Waals surface area contributed by atoms with Crippen LogP contribution in [0, 0.1) is 5.92 Å². The molecule has 1 aliphatic heterocycles. The molecule has 0 bridgehead atoms. The van der Waals surface area contributed by atoms with E-state index in [1.54, 1.807) is 0 Å². The van der Waals surface area contributed by atoms with Crippen LogP contribution < -0.4 is 0 Å². The molecule has 1 unspecified atom stereocenters. The van der Waals surface area contributed by atoms with Gasteiger partial charge in [0.1, 0.15) is 0 Å². The van der Waals surface area contributed by atoms with Gasteiger partial charge in [-0.25, -0.2) is 0 Å². The first-order chi connectivity index (χ1) is 4.79. The molecule has 1 fully saturated rings. The SMILES string of the molecule is C=C1CCCCC(C)CO1.